The summed E-state index contributed by atoms with van der Waals surface area (Å²) in [6.45, 7) is 0. The number of para-hydroxylation sites is 1. The van der Waals surface area contributed by atoms with Gasteiger partial charge in [0.1, 0.15) is 16.9 Å². The van der Waals surface area contributed by atoms with Crippen molar-refractivity contribution in [3.05, 3.63) is 64.8 Å². The summed E-state index contributed by atoms with van der Waals surface area (Å²) in [6, 6.07) is 13.9. The SMILES string of the molecule is COC(=O)c1nc2cccc(Oc3ccccc3)c2c(=O)o1. The van der Waals surface area contributed by atoms with Crippen molar-refractivity contribution in [2.24, 2.45) is 0 Å². The van der Waals surface area contributed by atoms with Gasteiger partial charge in [0, 0.05) is 0 Å². The number of aromatic nitrogens is 1. The Balaban J connectivity index is 2.13. The summed E-state index contributed by atoms with van der Waals surface area (Å²) in [6.07, 6.45) is 0. The Hall–Kier alpha value is -3.15. The minimum atomic E-state index is -0.812. The highest BCUT2D eigenvalue weighted by atomic mass is 16.5. The number of methoxy groups -OCH3 is 1. The fourth-order valence-corrected chi connectivity index (χ4v) is 1.96. The Labute approximate surface area is 124 Å². The summed E-state index contributed by atoms with van der Waals surface area (Å²) in [4.78, 5) is 27.6. The second-order valence-electron chi connectivity index (χ2n) is 4.36. The third kappa shape index (κ3) is 2.54. The van der Waals surface area contributed by atoms with E-state index in [4.69, 9.17) is 9.15 Å². The number of esters is 1. The van der Waals surface area contributed by atoms with Gasteiger partial charge in [0.25, 0.3) is 0 Å². The van der Waals surface area contributed by atoms with Gasteiger partial charge in [-0.25, -0.2) is 14.6 Å². The number of carbonyl (C=O) groups excluding carboxylic acids is 1. The van der Waals surface area contributed by atoms with Crippen LogP contribution in [0.4, 0.5) is 0 Å². The summed E-state index contributed by atoms with van der Waals surface area (Å²) in [7, 11) is 1.18. The van der Waals surface area contributed by atoms with Gasteiger partial charge < -0.3 is 13.9 Å². The molecule has 0 saturated carbocycles. The molecule has 3 rings (SSSR count). The van der Waals surface area contributed by atoms with Crippen LogP contribution in [0.5, 0.6) is 11.5 Å². The molecule has 0 aliphatic rings. The molecule has 22 heavy (non-hydrogen) atoms. The average molecular weight is 297 g/mol. The monoisotopic (exact) mass is 297 g/mol. The number of hydrogen-bond acceptors (Lipinski definition) is 6. The van der Waals surface area contributed by atoms with Crippen molar-refractivity contribution in [1.82, 2.24) is 4.98 Å². The second-order valence-corrected chi connectivity index (χ2v) is 4.36. The zero-order chi connectivity index (χ0) is 15.5. The van der Waals surface area contributed by atoms with Crippen molar-refractivity contribution in [1.29, 1.82) is 0 Å². The zero-order valence-corrected chi connectivity index (χ0v) is 11.6. The maximum absolute atomic E-state index is 12.1. The van der Waals surface area contributed by atoms with E-state index in [1.807, 2.05) is 18.2 Å². The van der Waals surface area contributed by atoms with Crippen LogP contribution in [-0.4, -0.2) is 18.1 Å². The van der Waals surface area contributed by atoms with Crippen LogP contribution in [0.15, 0.2) is 57.7 Å². The quantitative estimate of drug-likeness (QED) is 0.692. The van der Waals surface area contributed by atoms with E-state index < -0.39 is 17.5 Å². The molecule has 0 aliphatic carbocycles. The molecule has 1 heterocycles. The zero-order valence-electron chi connectivity index (χ0n) is 11.6. The van der Waals surface area contributed by atoms with E-state index in [1.165, 1.54) is 7.11 Å². The fraction of sp³-hybridized carbons (Fsp3) is 0.0625. The minimum Gasteiger partial charge on any atom is -0.462 e. The van der Waals surface area contributed by atoms with E-state index in [0.717, 1.165) is 0 Å². The Kier molecular flexibility index (Phi) is 3.57. The molecule has 2 aromatic carbocycles. The maximum atomic E-state index is 12.1. The first kappa shape index (κ1) is 13.8. The molecule has 0 atom stereocenters. The topological polar surface area (TPSA) is 78.6 Å². The fourth-order valence-electron chi connectivity index (χ4n) is 1.96. The molecule has 0 spiro atoms. The molecule has 1 aromatic heterocycles. The number of rotatable bonds is 3. The van der Waals surface area contributed by atoms with Gasteiger partial charge in [-0.15, -0.1) is 0 Å². The average Bonchev–Trinajstić information content (AvgIpc) is 2.55. The van der Waals surface area contributed by atoms with Crippen LogP contribution in [0.3, 0.4) is 0 Å². The van der Waals surface area contributed by atoms with Gasteiger partial charge in [0.05, 0.1) is 12.6 Å². The number of fused-ring (bicyclic) bond motifs is 1. The number of ether oxygens (including phenoxy) is 2. The summed E-state index contributed by atoms with van der Waals surface area (Å²) >= 11 is 0. The first-order chi connectivity index (χ1) is 10.7. The van der Waals surface area contributed by atoms with Crippen LogP contribution in [0.25, 0.3) is 10.9 Å². The normalized spacial score (nSPS) is 10.4. The molecule has 110 valence electrons. The maximum Gasteiger partial charge on any atom is 0.394 e. The molecule has 0 radical (unpaired) electrons. The Morgan fingerprint density at radius 3 is 2.59 bits per heavy atom. The summed E-state index contributed by atoms with van der Waals surface area (Å²) in [5, 5.41) is 0.166. The highest BCUT2D eigenvalue weighted by Crippen LogP contribution is 2.26. The van der Waals surface area contributed by atoms with Crippen molar-refractivity contribution in [2.45, 2.75) is 0 Å². The van der Waals surface area contributed by atoms with Crippen LogP contribution in [0, 0.1) is 0 Å². The van der Waals surface area contributed by atoms with Crippen molar-refractivity contribution in [3.63, 3.8) is 0 Å². The van der Waals surface area contributed by atoms with Gasteiger partial charge in [-0.1, -0.05) is 24.3 Å². The largest absolute Gasteiger partial charge is 0.462 e. The van der Waals surface area contributed by atoms with Gasteiger partial charge >= 0.3 is 17.5 Å². The molecule has 0 unspecified atom stereocenters. The van der Waals surface area contributed by atoms with Crippen LogP contribution in [-0.2, 0) is 4.74 Å². The van der Waals surface area contributed by atoms with Crippen molar-refractivity contribution in [3.8, 4) is 11.5 Å². The summed E-state index contributed by atoms with van der Waals surface area (Å²) in [5.74, 6) is -0.321. The minimum absolute atomic E-state index is 0.166. The second kappa shape index (κ2) is 5.69. The predicted octanol–water partition coefficient (Wildman–Crippen LogP) is 2.77. The molecule has 0 fully saturated rings. The number of benzene rings is 2. The van der Waals surface area contributed by atoms with E-state index in [1.54, 1.807) is 30.3 Å². The first-order valence-electron chi connectivity index (χ1n) is 6.44. The van der Waals surface area contributed by atoms with Crippen molar-refractivity contribution in [2.75, 3.05) is 7.11 Å². The number of hydrogen-bond donors (Lipinski definition) is 0. The first-order valence-corrected chi connectivity index (χ1v) is 6.44. The third-order valence-corrected chi connectivity index (χ3v) is 2.95. The third-order valence-electron chi connectivity index (χ3n) is 2.95. The van der Waals surface area contributed by atoms with Crippen molar-refractivity contribution < 1.29 is 18.7 Å². The van der Waals surface area contributed by atoms with E-state index in [-0.39, 0.29) is 5.39 Å². The number of nitrogens with zero attached hydrogens (tertiary/aromatic N) is 1. The highest BCUT2D eigenvalue weighted by molar-refractivity contribution is 5.89. The summed E-state index contributed by atoms with van der Waals surface area (Å²) in [5.41, 5.74) is -0.415. The molecule has 0 saturated heterocycles. The molecular weight excluding hydrogens is 286 g/mol. The molecule has 0 bridgehead atoms. The van der Waals surface area contributed by atoms with E-state index in [9.17, 15) is 9.59 Å². The molecule has 6 heteroatoms. The molecule has 0 aliphatic heterocycles. The summed E-state index contributed by atoms with van der Waals surface area (Å²) < 4.78 is 15.1. The van der Waals surface area contributed by atoms with Gasteiger partial charge in [0.2, 0.25) is 0 Å². The lowest BCUT2D eigenvalue weighted by Gasteiger charge is -2.07. The van der Waals surface area contributed by atoms with Gasteiger partial charge in [-0.05, 0) is 24.3 Å². The van der Waals surface area contributed by atoms with Gasteiger partial charge in [0.15, 0.2) is 0 Å². The lowest BCUT2D eigenvalue weighted by atomic mass is 10.2. The highest BCUT2D eigenvalue weighted by Gasteiger charge is 2.17. The van der Waals surface area contributed by atoms with E-state index in [2.05, 4.69) is 9.72 Å². The standard InChI is InChI=1S/C16H11NO5/c1-20-16(19)14-17-11-8-5-9-12(13(11)15(18)22-14)21-10-6-3-2-4-7-10/h2-9H,1H3. The Morgan fingerprint density at radius 2 is 1.86 bits per heavy atom. The molecule has 3 aromatic rings. The molecule has 0 N–H and O–H groups in total. The smallest absolute Gasteiger partial charge is 0.394 e. The van der Waals surface area contributed by atoms with Crippen LogP contribution >= 0.6 is 0 Å². The Bertz CT molecular complexity index is 886. The predicted molar refractivity (Wildman–Crippen MR) is 78.1 cm³/mol. The van der Waals surface area contributed by atoms with E-state index >= 15 is 0 Å². The van der Waals surface area contributed by atoms with Crippen molar-refractivity contribution >= 4 is 16.9 Å². The molecule has 0 amide bonds. The van der Waals surface area contributed by atoms with Crippen LogP contribution in [0.2, 0.25) is 0 Å². The Morgan fingerprint density at radius 1 is 1.09 bits per heavy atom. The van der Waals surface area contributed by atoms with Gasteiger partial charge in [-0.3, -0.25) is 0 Å². The molecule has 6 nitrogen and oxygen atoms in total. The number of carbonyl (C=O) groups is 1. The lowest BCUT2D eigenvalue weighted by molar-refractivity contribution is 0.0549. The van der Waals surface area contributed by atoms with Gasteiger partial charge in [-0.2, -0.15) is 0 Å². The van der Waals surface area contributed by atoms with E-state index in [0.29, 0.717) is 17.0 Å². The van der Waals surface area contributed by atoms with Crippen LogP contribution < -0.4 is 10.4 Å². The lowest BCUT2D eigenvalue weighted by Crippen LogP contribution is -2.11. The van der Waals surface area contributed by atoms with Crippen LogP contribution in [0.1, 0.15) is 10.7 Å². The molecular formula is C16H11NO5.